The van der Waals surface area contributed by atoms with Crippen molar-refractivity contribution in [2.45, 2.75) is 19.5 Å². The third-order valence-corrected chi connectivity index (χ3v) is 2.34. The maximum atomic E-state index is 12.9. The quantitative estimate of drug-likeness (QED) is 0.860. The van der Waals surface area contributed by atoms with Gasteiger partial charge >= 0.3 is 0 Å². The van der Waals surface area contributed by atoms with Gasteiger partial charge in [-0.15, -0.1) is 0 Å². The Labute approximate surface area is 93.3 Å². The van der Waals surface area contributed by atoms with Crippen molar-refractivity contribution in [2.24, 2.45) is 0 Å². The summed E-state index contributed by atoms with van der Waals surface area (Å²) in [7, 11) is 0. The molecular weight excluding hydrogens is 207 g/mol. The number of halogens is 1. The van der Waals surface area contributed by atoms with Gasteiger partial charge in [0.1, 0.15) is 11.6 Å². The summed E-state index contributed by atoms with van der Waals surface area (Å²) in [6.07, 6.45) is 4.47. The molecule has 0 unspecified atom stereocenters. The number of hydrogen-bond donors (Lipinski definition) is 1. The van der Waals surface area contributed by atoms with Crippen LogP contribution in [0.1, 0.15) is 24.3 Å². The second-order valence-electron chi connectivity index (χ2n) is 3.63. The highest BCUT2D eigenvalue weighted by Crippen LogP contribution is 2.13. The van der Waals surface area contributed by atoms with Crippen LogP contribution in [0.4, 0.5) is 4.39 Å². The highest BCUT2D eigenvalue weighted by Gasteiger charge is 2.07. The lowest BCUT2D eigenvalue weighted by molar-refractivity contribution is 0.429. The molecular formula is C12H13FN2O. The fourth-order valence-corrected chi connectivity index (χ4v) is 1.46. The summed E-state index contributed by atoms with van der Waals surface area (Å²) in [6.45, 7) is 2.55. The summed E-state index contributed by atoms with van der Waals surface area (Å²) in [6, 6.07) is 5.31. The van der Waals surface area contributed by atoms with E-state index in [-0.39, 0.29) is 11.9 Å². The molecule has 0 spiro atoms. The molecule has 0 bridgehead atoms. The molecule has 0 radical (unpaired) electrons. The van der Waals surface area contributed by atoms with Crippen LogP contribution in [-0.4, -0.2) is 4.98 Å². The molecule has 0 aliphatic carbocycles. The SMILES string of the molecule is C[C@H](NCc1cncc(F)c1)c1ccco1. The van der Waals surface area contributed by atoms with E-state index < -0.39 is 0 Å². The van der Waals surface area contributed by atoms with Crippen molar-refractivity contribution >= 4 is 0 Å². The maximum Gasteiger partial charge on any atom is 0.141 e. The fraction of sp³-hybridized carbons (Fsp3) is 0.250. The second kappa shape index (κ2) is 4.90. The zero-order chi connectivity index (χ0) is 11.4. The first-order valence-electron chi connectivity index (χ1n) is 5.12. The average Bonchev–Trinajstić information content (AvgIpc) is 2.79. The van der Waals surface area contributed by atoms with Crippen molar-refractivity contribution in [1.82, 2.24) is 10.3 Å². The largest absolute Gasteiger partial charge is 0.468 e. The molecule has 0 saturated carbocycles. The van der Waals surface area contributed by atoms with Gasteiger partial charge in [-0.2, -0.15) is 0 Å². The van der Waals surface area contributed by atoms with Crippen LogP contribution in [0.25, 0.3) is 0 Å². The number of pyridine rings is 1. The number of hydrogen-bond acceptors (Lipinski definition) is 3. The van der Waals surface area contributed by atoms with E-state index in [9.17, 15) is 4.39 Å². The molecule has 0 aromatic carbocycles. The van der Waals surface area contributed by atoms with Crippen molar-refractivity contribution in [2.75, 3.05) is 0 Å². The molecule has 84 valence electrons. The zero-order valence-electron chi connectivity index (χ0n) is 8.98. The lowest BCUT2D eigenvalue weighted by Crippen LogP contribution is -2.17. The summed E-state index contributed by atoms with van der Waals surface area (Å²) < 4.78 is 18.1. The van der Waals surface area contributed by atoms with Gasteiger partial charge in [0.2, 0.25) is 0 Å². The predicted octanol–water partition coefficient (Wildman–Crippen LogP) is 2.66. The summed E-state index contributed by atoms with van der Waals surface area (Å²) in [5.74, 6) is 0.550. The molecule has 0 amide bonds. The summed E-state index contributed by atoms with van der Waals surface area (Å²) in [5.41, 5.74) is 0.818. The summed E-state index contributed by atoms with van der Waals surface area (Å²) >= 11 is 0. The normalized spacial score (nSPS) is 12.6. The summed E-state index contributed by atoms with van der Waals surface area (Å²) in [5, 5.41) is 3.23. The minimum atomic E-state index is -0.315. The van der Waals surface area contributed by atoms with Crippen LogP contribution < -0.4 is 5.32 Å². The van der Waals surface area contributed by atoms with Gasteiger partial charge in [0.25, 0.3) is 0 Å². The van der Waals surface area contributed by atoms with Crippen LogP contribution >= 0.6 is 0 Å². The Morgan fingerprint density at radius 2 is 2.38 bits per heavy atom. The van der Waals surface area contributed by atoms with Crippen molar-refractivity contribution in [1.29, 1.82) is 0 Å². The molecule has 1 atom stereocenters. The Kier molecular flexibility index (Phi) is 3.31. The number of nitrogens with one attached hydrogen (secondary N) is 1. The fourth-order valence-electron chi connectivity index (χ4n) is 1.46. The van der Waals surface area contributed by atoms with Crippen LogP contribution in [0.3, 0.4) is 0 Å². The average molecular weight is 220 g/mol. The molecule has 2 aromatic rings. The van der Waals surface area contributed by atoms with Crippen LogP contribution in [0.2, 0.25) is 0 Å². The number of aromatic nitrogens is 1. The van der Waals surface area contributed by atoms with Gasteiger partial charge in [0.05, 0.1) is 18.5 Å². The Balaban J connectivity index is 1.92. The minimum absolute atomic E-state index is 0.0956. The first kappa shape index (κ1) is 10.8. The molecule has 2 rings (SSSR count). The van der Waals surface area contributed by atoms with Gasteiger partial charge < -0.3 is 9.73 Å². The summed E-state index contributed by atoms with van der Waals surface area (Å²) in [4.78, 5) is 3.79. The van der Waals surface area contributed by atoms with Crippen LogP contribution in [-0.2, 0) is 6.54 Å². The Morgan fingerprint density at radius 3 is 3.06 bits per heavy atom. The van der Waals surface area contributed by atoms with Crippen LogP contribution in [0.5, 0.6) is 0 Å². The first-order chi connectivity index (χ1) is 7.75. The number of nitrogens with zero attached hydrogens (tertiary/aromatic N) is 1. The van der Waals surface area contributed by atoms with Gasteiger partial charge in [0.15, 0.2) is 0 Å². The van der Waals surface area contributed by atoms with E-state index >= 15 is 0 Å². The van der Waals surface area contributed by atoms with Gasteiger partial charge in [-0.25, -0.2) is 4.39 Å². The van der Waals surface area contributed by atoms with E-state index in [1.807, 2.05) is 19.1 Å². The Morgan fingerprint density at radius 1 is 1.50 bits per heavy atom. The van der Waals surface area contributed by atoms with E-state index in [4.69, 9.17) is 4.42 Å². The molecule has 0 aliphatic heterocycles. The second-order valence-corrected chi connectivity index (χ2v) is 3.63. The Hall–Kier alpha value is -1.68. The van der Waals surface area contributed by atoms with Crippen molar-refractivity contribution < 1.29 is 8.81 Å². The predicted molar refractivity (Wildman–Crippen MR) is 58.2 cm³/mol. The van der Waals surface area contributed by atoms with Crippen LogP contribution in [0, 0.1) is 5.82 Å². The minimum Gasteiger partial charge on any atom is -0.468 e. The van der Waals surface area contributed by atoms with Gasteiger partial charge in [-0.1, -0.05) is 0 Å². The van der Waals surface area contributed by atoms with E-state index in [1.54, 1.807) is 12.5 Å². The number of rotatable bonds is 4. The van der Waals surface area contributed by atoms with Crippen molar-refractivity contribution in [3.63, 3.8) is 0 Å². The van der Waals surface area contributed by atoms with Gasteiger partial charge in [0, 0.05) is 12.7 Å². The third kappa shape index (κ3) is 2.67. The van der Waals surface area contributed by atoms with Gasteiger partial charge in [-0.05, 0) is 30.7 Å². The van der Waals surface area contributed by atoms with Crippen molar-refractivity contribution in [3.8, 4) is 0 Å². The highest BCUT2D eigenvalue weighted by molar-refractivity contribution is 5.11. The van der Waals surface area contributed by atoms with E-state index in [1.165, 1.54) is 12.3 Å². The topological polar surface area (TPSA) is 38.1 Å². The highest BCUT2D eigenvalue weighted by atomic mass is 19.1. The van der Waals surface area contributed by atoms with Crippen molar-refractivity contribution in [3.05, 3.63) is 54.0 Å². The lowest BCUT2D eigenvalue weighted by Gasteiger charge is -2.10. The lowest BCUT2D eigenvalue weighted by atomic mass is 10.2. The Bertz CT molecular complexity index is 442. The first-order valence-corrected chi connectivity index (χ1v) is 5.12. The molecule has 3 nitrogen and oxygen atoms in total. The molecule has 1 N–H and O–H groups in total. The number of furan rings is 1. The van der Waals surface area contributed by atoms with Gasteiger partial charge in [-0.3, -0.25) is 4.98 Å². The monoisotopic (exact) mass is 220 g/mol. The third-order valence-electron chi connectivity index (χ3n) is 2.34. The molecule has 2 aromatic heterocycles. The van der Waals surface area contributed by atoms with Crippen LogP contribution in [0.15, 0.2) is 41.3 Å². The molecule has 0 fully saturated rings. The smallest absolute Gasteiger partial charge is 0.141 e. The molecule has 0 aliphatic rings. The zero-order valence-corrected chi connectivity index (χ0v) is 8.98. The molecule has 4 heteroatoms. The van der Waals surface area contributed by atoms with E-state index in [0.29, 0.717) is 6.54 Å². The standard InChI is InChI=1S/C12H13FN2O/c1-9(12-3-2-4-16-12)15-7-10-5-11(13)8-14-6-10/h2-6,8-9,15H,7H2,1H3/t9-/m0/s1. The molecule has 0 saturated heterocycles. The maximum absolute atomic E-state index is 12.9. The van der Waals surface area contributed by atoms with E-state index in [2.05, 4.69) is 10.3 Å². The molecule has 2 heterocycles. The van der Waals surface area contributed by atoms with E-state index in [0.717, 1.165) is 11.3 Å². The molecule has 16 heavy (non-hydrogen) atoms.